The van der Waals surface area contributed by atoms with Crippen molar-refractivity contribution in [1.29, 1.82) is 0 Å². The summed E-state index contributed by atoms with van der Waals surface area (Å²) in [5.41, 5.74) is 1.92. The molecule has 0 atom stereocenters. The fourth-order valence-electron chi connectivity index (χ4n) is 1.43. The first kappa shape index (κ1) is 8.99. The number of imidazole rings is 1. The first-order chi connectivity index (χ1) is 7.34. The summed E-state index contributed by atoms with van der Waals surface area (Å²) < 4.78 is 2.78. The molecule has 0 saturated heterocycles. The predicted octanol–water partition coefficient (Wildman–Crippen LogP) is 2.62. The molecule has 0 aliphatic carbocycles. The molecule has 0 spiro atoms. The number of pyridine rings is 1. The van der Waals surface area contributed by atoms with Crippen molar-refractivity contribution in [3.63, 3.8) is 0 Å². The van der Waals surface area contributed by atoms with E-state index in [1.54, 1.807) is 6.20 Å². The molecule has 0 radical (unpaired) electrons. The Morgan fingerprint density at radius 1 is 1.27 bits per heavy atom. The van der Waals surface area contributed by atoms with Gasteiger partial charge < -0.3 is 0 Å². The summed E-state index contributed by atoms with van der Waals surface area (Å²) in [7, 11) is 0. The maximum atomic E-state index is 4.22. The molecule has 15 heavy (non-hydrogen) atoms. The summed E-state index contributed by atoms with van der Waals surface area (Å²) in [6.45, 7) is 0. The lowest BCUT2D eigenvalue weighted by atomic mass is 10.3. The van der Waals surface area contributed by atoms with Gasteiger partial charge in [-0.3, -0.25) is 4.40 Å². The molecule has 3 rings (SSSR count). The average Bonchev–Trinajstić information content (AvgIpc) is 2.84. The third-order valence-electron chi connectivity index (χ3n) is 2.05. The van der Waals surface area contributed by atoms with Crippen LogP contribution in [0.15, 0.2) is 34.5 Å². The third-order valence-corrected chi connectivity index (χ3v) is 3.43. The zero-order valence-electron chi connectivity index (χ0n) is 7.46. The van der Waals surface area contributed by atoms with Gasteiger partial charge in [-0.25, -0.2) is 4.98 Å². The van der Waals surface area contributed by atoms with Gasteiger partial charge in [-0.15, -0.1) is 10.2 Å². The molecule has 0 N–H and O–H groups in total. The summed E-state index contributed by atoms with van der Waals surface area (Å²) in [6, 6.07) is 5.92. The van der Waals surface area contributed by atoms with Crippen LogP contribution in [0, 0.1) is 0 Å². The van der Waals surface area contributed by atoms with Gasteiger partial charge in [-0.1, -0.05) is 17.4 Å². The number of fused-ring (bicyclic) bond motifs is 1. The van der Waals surface area contributed by atoms with E-state index < -0.39 is 0 Å². The Morgan fingerprint density at radius 3 is 3.00 bits per heavy atom. The molecule has 0 amide bonds. The fraction of sp³-hybridized carbons (Fsp3) is 0. The van der Waals surface area contributed by atoms with Crippen LogP contribution in [0.5, 0.6) is 0 Å². The second-order valence-electron chi connectivity index (χ2n) is 2.93. The largest absolute Gasteiger partial charge is 0.297 e. The molecule has 3 heterocycles. The molecule has 6 heteroatoms. The normalized spacial score (nSPS) is 11.0. The van der Waals surface area contributed by atoms with Crippen molar-refractivity contribution in [2.24, 2.45) is 0 Å². The van der Waals surface area contributed by atoms with Crippen molar-refractivity contribution >= 4 is 32.9 Å². The summed E-state index contributed by atoms with van der Waals surface area (Å²) in [4.78, 5) is 4.22. The van der Waals surface area contributed by atoms with Crippen molar-refractivity contribution in [1.82, 2.24) is 19.6 Å². The van der Waals surface area contributed by atoms with Gasteiger partial charge in [0.1, 0.15) is 5.65 Å². The van der Waals surface area contributed by atoms with Gasteiger partial charge in [-0.05, 0) is 28.1 Å². The third kappa shape index (κ3) is 1.46. The Kier molecular flexibility index (Phi) is 2.03. The summed E-state index contributed by atoms with van der Waals surface area (Å²) in [6.07, 6.45) is 3.69. The first-order valence-electron chi connectivity index (χ1n) is 4.26. The second-order valence-corrected chi connectivity index (χ2v) is 5.18. The van der Waals surface area contributed by atoms with E-state index in [-0.39, 0.29) is 0 Å². The van der Waals surface area contributed by atoms with Crippen LogP contribution in [0.2, 0.25) is 0 Å². The van der Waals surface area contributed by atoms with Crippen molar-refractivity contribution in [3.05, 3.63) is 34.5 Å². The second kappa shape index (κ2) is 3.39. The Morgan fingerprint density at radius 2 is 2.20 bits per heavy atom. The van der Waals surface area contributed by atoms with Crippen molar-refractivity contribution in [3.8, 4) is 10.7 Å². The summed E-state index contributed by atoms with van der Waals surface area (Å²) in [5.74, 6) is 0. The quantitative estimate of drug-likeness (QED) is 0.688. The van der Waals surface area contributed by atoms with Gasteiger partial charge in [0.2, 0.25) is 0 Å². The highest BCUT2D eigenvalue weighted by Gasteiger charge is 2.08. The average molecular weight is 281 g/mol. The van der Waals surface area contributed by atoms with E-state index in [4.69, 9.17) is 0 Å². The molecule has 3 aromatic heterocycles. The Labute approximate surface area is 97.7 Å². The van der Waals surface area contributed by atoms with Crippen LogP contribution in [-0.2, 0) is 0 Å². The number of halogens is 1. The standard InChI is InChI=1S/C9H5BrN4S/c10-9-13-12-8(15-9)6-2-1-3-7-11-4-5-14(6)7/h1-5H. The molecule has 0 fully saturated rings. The van der Waals surface area contributed by atoms with Gasteiger partial charge in [0.15, 0.2) is 8.92 Å². The minimum absolute atomic E-state index is 0.787. The lowest BCUT2D eigenvalue weighted by Crippen LogP contribution is -1.89. The number of rotatable bonds is 1. The smallest absolute Gasteiger partial charge is 0.183 e. The predicted molar refractivity (Wildman–Crippen MR) is 61.8 cm³/mol. The van der Waals surface area contributed by atoms with E-state index in [1.807, 2.05) is 28.8 Å². The fourth-order valence-corrected chi connectivity index (χ4v) is 2.56. The van der Waals surface area contributed by atoms with Crippen LogP contribution in [0.1, 0.15) is 0 Å². The molecule has 0 aromatic carbocycles. The lowest BCUT2D eigenvalue weighted by molar-refractivity contribution is 1.06. The van der Waals surface area contributed by atoms with Crippen LogP contribution in [0.25, 0.3) is 16.3 Å². The van der Waals surface area contributed by atoms with Crippen LogP contribution in [0.4, 0.5) is 0 Å². The molecule has 0 saturated carbocycles. The zero-order valence-corrected chi connectivity index (χ0v) is 9.86. The minimum Gasteiger partial charge on any atom is -0.297 e. The lowest BCUT2D eigenvalue weighted by Gasteiger charge is -1.99. The molecule has 0 aliphatic heterocycles. The van der Waals surface area contributed by atoms with E-state index in [1.165, 1.54) is 11.3 Å². The monoisotopic (exact) mass is 280 g/mol. The van der Waals surface area contributed by atoms with Crippen molar-refractivity contribution in [2.75, 3.05) is 0 Å². The SMILES string of the molecule is Brc1nnc(-c2cccc3nccn23)s1. The maximum Gasteiger partial charge on any atom is 0.183 e. The molecular weight excluding hydrogens is 276 g/mol. The minimum atomic E-state index is 0.787. The van der Waals surface area contributed by atoms with Crippen LogP contribution >= 0.6 is 27.3 Å². The molecular formula is C9H5BrN4S. The van der Waals surface area contributed by atoms with Crippen LogP contribution in [0.3, 0.4) is 0 Å². The van der Waals surface area contributed by atoms with Crippen molar-refractivity contribution < 1.29 is 0 Å². The highest BCUT2D eigenvalue weighted by atomic mass is 79.9. The maximum absolute atomic E-state index is 4.22. The van der Waals surface area contributed by atoms with Gasteiger partial charge in [-0.2, -0.15) is 0 Å². The Balaban J connectivity index is 2.30. The number of hydrogen-bond donors (Lipinski definition) is 0. The number of hydrogen-bond acceptors (Lipinski definition) is 4. The summed E-state index contributed by atoms with van der Waals surface area (Å²) in [5, 5.41) is 8.90. The van der Waals surface area contributed by atoms with E-state index >= 15 is 0 Å². The van der Waals surface area contributed by atoms with E-state index in [0.29, 0.717) is 0 Å². The first-order valence-corrected chi connectivity index (χ1v) is 5.87. The van der Waals surface area contributed by atoms with E-state index in [2.05, 4.69) is 31.1 Å². The van der Waals surface area contributed by atoms with Gasteiger partial charge in [0, 0.05) is 12.4 Å². The number of nitrogens with zero attached hydrogens (tertiary/aromatic N) is 4. The van der Waals surface area contributed by atoms with Crippen molar-refractivity contribution in [2.45, 2.75) is 0 Å². The van der Waals surface area contributed by atoms with Crippen LogP contribution in [-0.4, -0.2) is 19.6 Å². The molecule has 4 nitrogen and oxygen atoms in total. The Bertz CT molecular complexity index is 615. The molecule has 0 bridgehead atoms. The topological polar surface area (TPSA) is 43.1 Å². The zero-order chi connectivity index (χ0) is 10.3. The Hall–Kier alpha value is -1.27. The van der Waals surface area contributed by atoms with E-state index in [0.717, 1.165) is 20.3 Å². The summed E-state index contributed by atoms with van der Waals surface area (Å²) >= 11 is 4.81. The van der Waals surface area contributed by atoms with Gasteiger partial charge >= 0.3 is 0 Å². The van der Waals surface area contributed by atoms with Gasteiger partial charge in [0.25, 0.3) is 0 Å². The molecule has 3 aromatic rings. The van der Waals surface area contributed by atoms with E-state index in [9.17, 15) is 0 Å². The highest BCUT2D eigenvalue weighted by molar-refractivity contribution is 9.11. The highest BCUT2D eigenvalue weighted by Crippen LogP contribution is 2.26. The molecule has 74 valence electrons. The number of aromatic nitrogens is 4. The molecule has 0 aliphatic rings. The molecule has 0 unspecified atom stereocenters. The van der Waals surface area contributed by atoms with Crippen LogP contribution < -0.4 is 0 Å². The van der Waals surface area contributed by atoms with Gasteiger partial charge in [0.05, 0.1) is 5.69 Å².